The van der Waals surface area contributed by atoms with Gasteiger partial charge in [-0.15, -0.1) is 0 Å². The molecule has 0 radical (unpaired) electrons. The summed E-state index contributed by atoms with van der Waals surface area (Å²) in [6.45, 7) is 9.50. The Balaban J connectivity index is 2.49. The van der Waals surface area contributed by atoms with Gasteiger partial charge in [-0.3, -0.25) is 0 Å². The van der Waals surface area contributed by atoms with Crippen molar-refractivity contribution in [3.05, 3.63) is 23.2 Å². The van der Waals surface area contributed by atoms with Crippen LogP contribution < -0.4 is 5.32 Å². The molecule has 3 heteroatoms. The number of nitrogens with zero attached hydrogens (tertiary/aromatic N) is 1. The van der Waals surface area contributed by atoms with E-state index in [4.69, 9.17) is 4.42 Å². The summed E-state index contributed by atoms with van der Waals surface area (Å²) in [5.74, 6) is 2.84. The third kappa shape index (κ3) is 4.92. The number of hydrogen-bond donors (Lipinski definition) is 1. The van der Waals surface area contributed by atoms with Crippen LogP contribution in [-0.2, 0) is 13.1 Å². The first-order chi connectivity index (χ1) is 8.02. The standard InChI is InChI=1S/C14H26N2O/c1-11(2)6-7-16(5)10-13-8-14(9-15-4)17-12(13)3/h8,11,15H,6-7,9-10H2,1-5H3. The van der Waals surface area contributed by atoms with Gasteiger partial charge in [-0.05, 0) is 46.0 Å². The van der Waals surface area contributed by atoms with Crippen LogP contribution in [0.1, 0.15) is 37.4 Å². The number of hydrogen-bond acceptors (Lipinski definition) is 3. The third-order valence-corrected chi connectivity index (χ3v) is 2.95. The zero-order valence-corrected chi connectivity index (χ0v) is 11.8. The molecule has 0 fully saturated rings. The molecule has 98 valence electrons. The van der Waals surface area contributed by atoms with Crippen LogP contribution in [0.2, 0.25) is 0 Å². The molecular weight excluding hydrogens is 212 g/mol. The Kier molecular flexibility index (Phi) is 5.72. The summed E-state index contributed by atoms with van der Waals surface area (Å²) in [7, 11) is 4.11. The van der Waals surface area contributed by atoms with Crippen LogP contribution in [0.3, 0.4) is 0 Å². The van der Waals surface area contributed by atoms with E-state index in [2.05, 4.69) is 37.2 Å². The fourth-order valence-corrected chi connectivity index (χ4v) is 1.85. The van der Waals surface area contributed by atoms with Gasteiger partial charge in [0.2, 0.25) is 0 Å². The molecule has 17 heavy (non-hydrogen) atoms. The number of nitrogens with one attached hydrogen (secondary N) is 1. The Morgan fingerprint density at radius 1 is 1.41 bits per heavy atom. The van der Waals surface area contributed by atoms with E-state index in [0.717, 1.165) is 37.1 Å². The highest BCUT2D eigenvalue weighted by molar-refractivity contribution is 5.20. The predicted octanol–water partition coefficient (Wildman–Crippen LogP) is 2.79. The average Bonchev–Trinajstić information content (AvgIpc) is 2.57. The van der Waals surface area contributed by atoms with Crippen molar-refractivity contribution in [1.29, 1.82) is 0 Å². The summed E-state index contributed by atoms with van der Waals surface area (Å²) in [5, 5.41) is 3.11. The molecule has 0 unspecified atom stereocenters. The minimum Gasteiger partial charge on any atom is -0.465 e. The van der Waals surface area contributed by atoms with Crippen LogP contribution in [0.15, 0.2) is 10.5 Å². The molecule has 0 amide bonds. The molecule has 0 aliphatic carbocycles. The molecule has 1 aromatic rings. The van der Waals surface area contributed by atoms with Gasteiger partial charge in [0, 0.05) is 12.1 Å². The molecule has 0 saturated heterocycles. The highest BCUT2D eigenvalue weighted by atomic mass is 16.3. The molecule has 0 aliphatic rings. The number of aryl methyl sites for hydroxylation is 1. The van der Waals surface area contributed by atoms with Crippen LogP contribution in [-0.4, -0.2) is 25.5 Å². The fraction of sp³-hybridized carbons (Fsp3) is 0.714. The van der Waals surface area contributed by atoms with Crippen molar-refractivity contribution in [2.75, 3.05) is 20.6 Å². The summed E-state index contributed by atoms with van der Waals surface area (Å²) in [5.41, 5.74) is 1.31. The van der Waals surface area contributed by atoms with Gasteiger partial charge < -0.3 is 14.6 Å². The smallest absolute Gasteiger partial charge is 0.118 e. The monoisotopic (exact) mass is 238 g/mol. The zero-order chi connectivity index (χ0) is 12.8. The minimum absolute atomic E-state index is 0.766. The van der Waals surface area contributed by atoms with Crippen LogP contribution in [0.25, 0.3) is 0 Å². The van der Waals surface area contributed by atoms with E-state index < -0.39 is 0 Å². The van der Waals surface area contributed by atoms with Crippen molar-refractivity contribution in [2.45, 2.75) is 40.3 Å². The summed E-state index contributed by atoms with van der Waals surface area (Å²) < 4.78 is 5.69. The molecule has 0 bridgehead atoms. The van der Waals surface area contributed by atoms with E-state index in [0.29, 0.717) is 0 Å². The van der Waals surface area contributed by atoms with Gasteiger partial charge in [0.25, 0.3) is 0 Å². The second-order valence-corrected chi connectivity index (χ2v) is 5.24. The predicted molar refractivity (Wildman–Crippen MR) is 72.0 cm³/mol. The van der Waals surface area contributed by atoms with Crippen molar-refractivity contribution < 1.29 is 4.42 Å². The Bertz CT molecular complexity index is 331. The molecule has 0 saturated carbocycles. The third-order valence-electron chi connectivity index (χ3n) is 2.95. The lowest BCUT2D eigenvalue weighted by molar-refractivity contribution is 0.301. The summed E-state index contributed by atoms with van der Waals surface area (Å²) >= 11 is 0. The Labute approximate surface area is 105 Å². The average molecular weight is 238 g/mol. The number of furan rings is 1. The Morgan fingerprint density at radius 2 is 2.12 bits per heavy atom. The van der Waals surface area contributed by atoms with E-state index in [1.165, 1.54) is 12.0 Å². The molecular formula is C14H26N2O. The van der Waals surface area contributed by atoms with E-state index in [9.17, 15) is 0 Å². The molecule has 0 aromatic carbocycles. The van der Waals surface area contributed by atoms with Crippen LogP contribution in [0.5, 0.6) is 0 Å². The topological polar surface area (TPSA) is 28.4 Å². The maximum atomic E-state index is 5.69. The Hall–Kier alpha value is -0.800. The van der Waals surface area contributed by atoms with Crippen LogP contribution in [0, 0.1) is 12.8 Å². The quantitative estimate of drug-likeness (QED) is 0.792. The maximum absolute atomic E-state index is 5.69. The Morgan fingerprint density at radius 3 is 2.71 bits per heavy atom. The van der Waals surface area contributed by atoms with E-state index in [-0.39, 0.29) is 0 Å². The summed E-state index contributed by atoms with van der Waals surface area (Å²) in [4.78, 5) is 2.36. The first kappa shape index (κ1) is 14.3. The van der Waals surface area contributed by atoms with E-state index >= 15 is 0 Å². The van der Waals surface area contributed by atoms with Crippen molar-refractivity contribution in [3.63, 3.8) is 0 Å². The fourth-order valence-electron chi connectivity index (χ4n) is 1.85. The lowest BCUT2D eigenvalue weighted by Gasteiger charge is -2.17. The molecule has 1 rings (SSSR count). The van der Waals surface area contributed by atoms with E-state index in [1.807, 2.05) is 14.0 Å². The molecule has 1 N–H and O–H groups in total. The molecule has 1 aromatic heterocycles. The van der Waals surface area contributed by atoms with Gasteiger partial charge in [0.15, 0.2) is 0 Å². The van der Waals surface area contributed by atoms with Gasteiger partial charge >= 0.3 is 0 Å². The second-order valence-electron chi connectivity index (χ2n) is 5.24. The summed E-state index contributed by atoms with van der Waals surface area (Å²) in [6, 6.07) is 2.16. The molecule has 0 aliphatic heterocycles. The first-order valence-corrected chi connectivity index (χ1v) is 6.44. The minimum atomic E-state index is 0.766. The van der Waals surface area contributed by atoms with Gasteiger partial charge in [-0.2, -0.15) is 0 Å². The maximum Gasteiger partial charge on any atom is 0.118 e. The molecule has 0 spiro atoms. The lowest BCUT2D eigenvalue weighted by atomic mass is 10.1. The summed E-state index contributed by atoms with van der Waals surface area (Å²) in [6.07, 6.45) is 1.25. The van der Waals surface area contributed by atoms with Gasteiger partial charge in [-0.1, -0.05) is 13.8 Å². The van der Waals surface area contributed by atoms with Crippen molar-refractivity contribution >= 4 is 0 Å². The molecule has 3 nitrogen and oxygen atoms in total. The van der Waals surface area contributed by atoms with E-state index in [1.54, 1.807) is 0 Å². The van der Waals surface area contributed by atoms with Gasteiger partial charge in [0.05, 0.1) is 6.54 Å². The van der Waals surface area contributed by atoms with Gasteiger partial charge in [-0.25, -0.2) is 0 Å². The number of rotatable bonds is 7. The second kappa shape index (κ2) is 6.82. The van der Waals surface area contributed by atoms with Crippen LogP contribution in [0.4, 0.5) is 0 Å². The molecule has 0 atom stereocenters. The molecule has 1 heterocycles. The van der Waals surface area contributed by atoms with Gasteiger partial charge in [0.1, 0.15) is 11.5 Å². The largest absolute Gasteiger partial charge is 0.465 e. The SMILES string of the molecule is CNCc1cc(CN(C)CCC(C)C)c(C)o1. The normalized spacial score (nSPS) is 11.7. The highest BCUT2D eigenvalue weighted by Crippen LogP contribution is 2.16. The van der Waals surface area contributed by atoms with Crippen molar-refractivity contribution in [3.8, 4) is 0 Å². The lowest BCUT2D eigenvalue weighted by Crippen LogP contribution is -2.20. The van der Waals surface area contributed by atoms with Crippen molar-refractivity contribution in [2.24, 2.45) is 5.92 Å². The highest BCUT2D eigenvalue weighted by Gasteiger charge is 2.09. The zero-order valence-electron chi connectivity index (χ0n) is 11.8. The van der Waals surface area contributed by atoms with Crippen molar-refractivity contribution in [1.82, 2.24) is 10.2 Å². The first-order valence-electron chi connectivity index (χ1n) is 6.44. The van der Waals surface area contributed by atoms with Crippen LogP contribution >= 0.6 is 0 Å².